The molecule has 0 saturated carbocycles. The van der Waals surface area contributed by atoms with Gasteiger partial charge in [-0.25, -0.2) is 4.98 Å². The van der Waals surface area contributed by atoms with Crippen LogP contribution in [0.5, 0.6) is 0 Å². The highest BCUT2D eigenvalue weighted by atomic mass is 32.1. The highest BCUT2D eigenvalue weighted by Crippen LogP contribution is 2.34. The fourth-order valence-electron chi connectivity index (χ4n) is 5.20. The number of thiophene rings is 1. The normalized spacial score (nSPS) is 19.6. The Balaban J connectivity index is 1.25. The molecule has 168 valence electrons. The number of carbonyl (C=O) groups is 1. The minimum Gasteiger partial charge on any atom is -0.368 e. The quantitative estimate of drug-likeness (QED) is 0.578. The summed E-state index contributed by atoms with van der Waals surface area (Å²) < 4.78 is 1.28. The third kappa shape index (κ3) is 3.96. The first-order valence-corrected chi connectivity index (χ1v) is 12.5. The molecule has 3 aromatic rings. The number of aromatic nitrogens is 1. The lowest BCUT2D eigenvalue weighted by Crippen LogP contribution is -2.52. The van der Waals surface area contributed by atoms with E-state index in [1.807, 2.05) is 17.5 Å². The number of aryl methyl sites for hydroxylation is 2. The fraction of sp³-hybridized carbons (Fsp3) is 0.462. The number of amides is 1. The van der Waals surface area contributed by atoms with Crippen LogP contribution in [0.15, 0.2) is 36.5 Å². The molecule has 1 atom stereocenters. The monoisotopic (exact) mass is 448 g/mol. The van der Waals surface area contributed by atoms with Crippen molar-refractivity contribution in [2.45, 2.75) is 33.6 Å². The van der Waals surface area contributed by atoms with Gasteiger partial charge in [0.1, 0.15) is 5.82 Å². The highest BCUT2D eigenvalue weighted by molar-refractivity contribution is 7.19. The molecule has 0 aliphatic carbocycles. The lowest BCUT2D eigenvalue weighted by molar-refractivity contribution is -0.136. The molecule has 6 heteroatoms. The van der Waals surface area contributed by atoms with Crippen molar-refractivity contribution in [3.63, 3.8) is 0 Å². The van der Waals surface area contributed by atoms with Crippen LogP contribution in [-0.2, 0) is 4.79 Å². The molecule has 0 spiro atoms. The maximum atomic E-state index is 13.4. The molecule has 32 heavy (non-hydrogen) atoms. The van der Waals surface area contributed by atoms with E-state index in [9.17, 15) is 4.79 Å². The molecule has 0 unspecified atom stereocenters. The van der Waals surface area contributed by atoms with Gasteiger partial charge in [-0.05, 0) is 62.9 Å². The zero-order valence-electron chi connectivity index (χ0n) is 19.3. The van der Waals surface area contributed by atoms with Gasteiger partial charge in [-0.15, -0.1) is 11.3 Å². The van der Waals surface area contributed by atoms with Gasteiger partial charge < -0.3 is 14.7 Å². The second-order valence-corrected chi connectivity index (χ2v) is 10.5. The topological polar surface area (TPSA) is 39.7 Å². The molecule has 4 heterocycles. The second kappa shape index (κ2) is 8.74. The summed E-state index contributed by atoms with van der Waals surface area (Å²) in [7, 11) is 0. The van der Waals surface area contributed by atoms with Crippen LogP contribution in [0, 0.1) is 26.7 Å². The van der Waals surface area contributed by atoms with Gasteiger partial charge in [0.25, 0.3) is 0 Å². The molecule has 2 fully saturated rings. The van der Waals surface area contributed by atoms with Gasteiger partial charge >= 0.3 is 0 Å². The molecule has 5 rings (SSSR count). The van der Waals surface area contributed by atoms with Gasteiger partial charge in [-0.1, -0.05) is 12.1 Å². The van der Waals surface area contributed by atoms with E-state index in [2.05, 4.69) is 65.8 Å². The summed E-state index contributed by atoms with van der Waals surface area (Å²) in [6.45, 7) is 11.7. The van der Waals surface area contributed by atoms with Crippen molar-refractivity contribution in [3.05, 3.63) is 52.5 Å². The molecule has 0 N–H and O–H groups in total. The van der Waals surface area contributed by atoms with Gasteiger partial charge in [0.05, 0.1) is 5.92 Å². The first-order valence-electron chi connectivity index (χ1n) is 11.7. The molecule has 1 amide bonds. The van der Waals surface area contributed by atoms with Crippen molar-refractivity contribution in [2.75, 3.05) is 49.1 Å². The number of fused-ring (bicyclic) bond motifs is 1. The Labute approximate surface area is 194 Å². The molecule has 2 aromatic heterocycles. The molecule has 2 aliphatic heterocycles. The van der Waals surface area contributed by atoms with E-state index in [4.69, 9.17) is 4.98 Å². The zero-order chi connectivity index (χ0) is 22.2. The van der Waals surface area contributed by atoms with Crippen LogP contribution in [0.4, 0.5) is 11.5 Å². The van der Waals surface area contributed by atoms with Crippen molar-refractivity contribution in [1.29, 1.82) is 0 Å². The van der Waals surface area contributed by atoms with E-state index in [-0.39, 0.29) is 5.92 Å². The third-order valence-electron chi connectivity index (χ3n) is 7.13. The van der Waals surface area contributed by atoms with E-state index in [1.54, 1.807) is 0 Å². The third-order valence-corrected chi connectivity index (χ3v) is 8.14. The molecule has 0 bridgehead atoms. The molecule has 5 nitrogen and oxygen atoms in total. The number of anilines is 2. The Morgan fingerprint density at radius 3 is 2.66 bits per heavy atom. The van der Waals surface area contributed by atoms with Crippen molar-refractivity contribution >= 4 is 38.8 Å². The van der Waals surface area contributed by atoms with Crippen LogP contribution in [0.25, 0.3) is 10.1 Å². The zero-order valence-corrected chi connectivity index (χ0v) is 20.1. The predicted molar refractivity (Wildman–Crippen MR) is 134 cm³/mol. The van der Waals surface area contributed by atoms with E-state index in [1.165, 1.54) is 31.8 Å². The first-order chi connectivity index (χ1) is 15.5. The minimum absolute atomic E-state index is 0.0628. The number of rotatable bonds is 3. The molecular weight excluding hydrogens is 416 g/mol. The van der Waals surface area contributed by atoms with Gasteiger partial charge in [-0.2, -0.15) is 0 Å². The smallest absolute Gasteiger partial charge is 0.227 e. The molecule has 2 saturated heterocycles. The van der Waals surface area contributed by atoms with E-state index in [0.717, 1.165) is 57.9 Å². The van der Waals surface area contributed by atoms with Crippen LogP contribution < -0.4 is 9.80 Å². The number of carbonyl (C=O) groups excluding carboxylic acids is 1. The highest BCUT2D eigenvalue weighted by Gasteiger charge is 2.32. The van der Waals surface area contributed by atoms with Crippen LogP contribution in [0.3, 0.4) is 0 Å². The lowest BCUT2D eigenvalue weighted by atomic mass is 9.96. The van der Waals surface area contributed by atoms with Gasteiger partial charge in [0.2, 0.25) is 5.91 Å². The summed E-state index contributed by atoms with van der Waals surface area (Å²) in [6, 6.07) is 10.8. The maximum absolute atomic E-state index is 13.4. The van der Waals surface area contributed by atoms with Crippen LogP contribution in [0.1, 0.15) is 28.8 Å². The predicted octanol–water partition coefficient (Wildman–Crippen LogP) is 4.79. The summed E-state index contributed by atoms with van der Waals surface area (Å²) >= 11 is 1.81. The summed E-state index contributed by atoms with van der Waals surface area (Å²) in [5, 5.41) is 1.23. The van der Waals surface area contributed by atoms with E-state index >= 15 is 0 Å². The lowest BCUT2D eigenvalue weighted by Gasteiger charge is -2.40. The standard InChI is InChI=1S/C26H32N4OS/c1-18-6-4-8-23(20(18)3)28-12-14-29(15-13-28)26(31)21-7-5-11-30(17-21)25-22-16-19(2)32-24(22)9-10-27-25/h4,6,8-10,16,21H,5,7,11-15,17H2,1-3H3/t21-/m0/s1. The molecule has 0 radical (unpaired) electrons. The first kappa shape index (κ1) is 21.3. The number of hydrogen-bond acceptors (Lipinski definition) is 5. The second-order valence-electron chi connectivity index (χ2n) is 9.22. The number of benzene rings is 1. The number of pyridine rings is 1. The van der Waals surface area contributed by atoms with Crippen LogP contribution in [0.2, 0.25) is 0 Å². The van der Waals surface area contributed by atoms with Gasteiger partial charge in [0, 0.05) is 66.1 Å². The van der Waals surface area contributed by atoms with E-state index < -0.39 is 0 Å². The average molecular weight is 449 g/mol. The van der Waals surface area contributed by atoms with Gasteiger partial charge in [-0.3, -0.25) is 4.79 Å². The Morgan fingerprint density at radius 2 is 1.84 bits per heavy atom. The van der Waals surface area contributed by atoms with Crippen molar-refractivity contribution in [3.8, 4) is 0 Å². The number of hydrogen-bond donors (Lipinski definition) is 0. The summed E-state index contributed by atoms with van der Waals surface area (Å²) in [5.74, 6) is 1.43. The minimum atomic E-state index is 0.0628. The van der Waals surface area contributed by atoms with Crippen LogP contribution >= 0.6 is 11.3 Å². The molecular formula is C26H32N4OS. The van der Waals surface area contributed by atoms with Crippen molar-refractivity contribution in [1.82, 2.24) is 9.88 Å². The van der Waals surface area contributed by atoms with Crippen molar-refractivity contribution in [2.24, 2.45) is 5.92 Å². The Kier molecular flexibility index (Phi) is 5.80. The number of nitrogens with zero attached hydrogens (tertiary/aromatic N) is 4. The SMILES string of the molecule is Cc1cc2c(N3CCC[C@H](C(=O)N4CCN(c5cccc(C)c5C)CC4)C3)nccc2s1. The van der Waals surface area contributed by atoms with Crippen LogP contribution in [-0.4, -0.2) is 55.1 Å². The molecule has 2 aliphatic rings. The summed E-state index contributed by atoms with van der Waals surface area (Å²) in [4.78, 5) is 26.3. The summed E-state index contributed by atoms with van der Waals surface area (Å²) in [6.07, 6.45) is 3.93. The van der Waals surface area contributed by atoms with Gasteiger partial charge in [0.15, 0.2) is 0 Å². The fourth-order valence-corrected chi connectivity index (χ4v) is 6.12. The Hall–Kier alpha value is -2.60. The van der Waals surface area contributed by atoms with Crippen molar-refractivity contribution < 1.29 is 4.79 Å². The van der Waals surface area contributed by atoms with E-state index in [0.29, 0.717) is 5.91 Å². The summed E-state index contributed by atoms with van der Waals surface area (Å²) in [5.41, 5.74) is 3.99. The average Bonchev–Trinajstić information content (AvgIpc) is 3.21. The number of piperazine rings is 1. The largest absolute Gasteiger partial charge is 0.368 e. The maximum Gasteiger partial charge on any atom is 0.227 e. The molecule has 1 aromatic carbocycles. The number of piperidine rings is 1. The Bertz CT molecular complexity index is 1130. The Morgan fingerprint density at radius 1 is 1.03 bits per heavy atom.